The Morgan fingerprint density at radius 2 is 1.08 bits per heavy atom. The lowest BCUT2D eigenvalue weighted by Gasteiger charge is -2.25. The molecule has 0 fully saturated rings. The van der Waals surface area contributed by atoms with E-state index in [-0.39, 0.29) is 71.2 Å². The Morgan fingerprint density at radius 1 is 0.583 bits per heavy atom. The summed E-state index contributed by atoms with van der Waals surface area (Å²) in [6.07, 6.45) is 13.0. The van der Waals surface area contributed by atoms with Gasteiger partial charge in [0.05, 0.1) is 106 Å². The number of rotatable bonds is 19. The Hall–Kier alpha value is -7.65. The molecule has 8 aromatic rings. The van der Waals surface area contributed by atoms with Gasteiger partial charge in [0.15, 0.2) is 34.4 Å². The Morgan fingerprint density at radius 3 is 1.60 bits per heavy atom. The van der Waals surface area contributed by atoms with Crippen LogP contribution in [0, 0.1) is 11.6 Å². The summed E-state index contributed by atoms with van der Waals surface area (Å²) in [5.41, 5.74) is 3.96. The highest BCUT2D eigenvalue weighted by Gasteiger charge is 2.23. The van der Waals surface area contributed by atoms with E-state index in [9.17, 15) is 29.6 Å². The van der Waals surface area contributed by atoms with Crippen molar-refractivity contribution in [3.05, 3.63) is 97.3 Å². The molecule has 0 aliphatic heterocycles. The molecule has 0 aliphatic rings. The van der Waals surface area contributed by atoms with Crippen molar-refractivity contribution in [1.82, 2.24) is 49.5 Å². The molecule has 0 amide bonds. The van der Waals surface area contributed by atoms with Crippen LogP contribution in [0.1, 0.15) is 0 Å². The maximum Gasteiger partial charge on any atom is 0.188 e. The number of halogens is 2. The van der Waals surface area contributed by atoms with Gasteiger partial charge in [-0.05, 0) is 24.3 Å². The molecule has 8 rings (SSSR count). The number of fused-ring (bicyclic) bond motifs is 2. The number of hydrogen-bond acceptors (Lipinski definition) is 20. The first kappa shape index (κ1) is 52.2. The zero-order valence-corrected chi connectivity index (χ0v) is 42.3. The van der Waals surface area contributed by atoms with Crippen molar-refractivity contribution in [3.63, 3.8) is 0 Å². The van der Waals surface area contributed by atoms with Crippen LogP contribution in [0.15, 0.2) is 85.7 Å². The number of benzene rings is 2. The monoisotopic (exact) mass is 1050 g/mol. The minimum atomic E-state index is -3.41. The number of aromatic nitrogens is 10. The van der Waals surface area contributed by atoms with Crippen LogP contribution in [-0.2, 0) is 42.6 Å². The molecular formula is C45H48F2N12O10S3. The average Bonchev–Trinajstić information content (AvgIpc) is 4.04. The predicted octanol–water partition coefficient (Wildman–Crippen LogP) is 5.10. The molecule has 0 spiro atoms. The number of anilines is 4. The van der Waals surface area contributed by atoms with Crippen molar-refractivity contribution < 1.29 is 53.0 Å². The summed E-state index contributed by atoms with van der Waals surface area (Å²) >= 11 is 0. The van der Waals surface area contributed by atoms with E-state index < -0.39 is 41.1 Å². The molecule has 6 heterocycles. The van der Waals surface area contributed by atoms with Crippen molar-refractivity contribution >= 4 is 74.9 Å². The molecule has 6 aromatic heterocycles. The van der Waals surface area contributed by atoms with Gasteiger partial charge < -0.3 is 29.2 Å². The Labute approximate surface area is 412 Å². The van der Waals surface area contributed by atoms with E-state index in [1.807, 2.05) is 0 Å². The summed E-state index contributed by atoms with van der Waals surface area (Å²) in [6.45, 7) is 0.319. The Bertz CT molecular complexity index is 3620. The lowest BCUT2D eigenvalue weighted by Crippen LogP contribution is -2.26. The summed E-state index contributed by atoms with van der Waals surface area (Å²) in [6, 6.07) is 12.4. The fourth-order valence-corrected chi connectivity index (χ4v) is 8.29. The van der Waals surface area contributed by atoms with E-state index >= 15 is 4.39 Å². The molecule has 72 heavy (non-hydrogen) atoms. The lowest BCUT2D eigenvalue weighted by molar-refractivity contribution is 0.374. The van der Waals surface area contributed by atoms with Gasteiger partial charge in [-0.2, -0.15) is 10.2 Å². The van der Waals surface area contributed by atoms with E-state index in [0.717, 1.165) is 12.5 Å². The topological polar surface area (TPSA) is 268 Å². The first-order valence-corrected chi connectivity index (χ1v) is 27.5. The third-order valence-corrected chi connectivity index (χ3v) is 13.2. The summed E-state index contributed by atoms with van der Waals surface area (Å²) < 4.78 is 123. The number of methoxy groups -OCH3 is 4. The fourth-order valence-electron chi connectivity index (χ4n) is 6.74. The quantitative estimate of drug-likeness (QED) is 0.110. The highest BCUT2D eigenvalue weighted by atomic mass is 32.2. The molecule has 22 nitrogen and oxygen atoms in total. The van der Waals surface area contributed by atoms with Gasteiger partial charge >= 0.3 is 0 Å². The van der Waals surface area contributed by atoms with Crippen LogP contribution < -0.4 is 29.2 Å². The SMILES string of the molecule is COc1cc(Nc2ccc3ncc(-c4cnn(CCS(C)(=O)=O)c4)nc3n2)c(F)c(OC)c1.COc1cc(OC)c(F)c(N(CCS(C)(=O)=O)c2ccc3ncc(-c4cnn(CCS(C)(=O)=O)c4)nc3n2)c1. The Balaban J connectivity index is 0.000000214. The van der Waals surface area contributed by atoms with Gasteiger partial charge in [0.1, 0.15) is 63.7 Å². The van der Waals surface area contributed by atoms with Crippen LogP contribution in [0.4, 0.5) is 31.8 Å². The highest BCUT2D eigenvalue weighted by Crippen LogP contribution is 2.37. The number of nitrogens with zero attached hydrogens (tertiary/aromatic N) is 11. The molecule has 27 heteroatoms. The minimum absolute atomic E-state index is 0.0120. The molecule has 0 aliphatic carbocycles. The predicted molar refractivity (Wildman–Crippen MR) is 266 cm³/mol. The van der Waals surface area contributed by atoms with Crippen LogP contribution in [0.25, 0.3) is 44.8 Å². The second-order valence-electron chi connectivity index (χ2n) is 16.1. The number of aryl methyl sites for hydroxylation is 2. The smallest absolute Gasteiger partial charge is 0.188 e. The van der Waals surface area contributed by atoms with Crippen LogP contribution in [0.2, 0.25) is 0 Å². The van der Waals surface area contributed by atoms with Gasteiger partial charge in [-0.1, -0.05) is 0 Å². The van der Waals surface area contributed by atoms with E-state index in [0.29, 0.717) is 56.5 Å². The normalized spacial score (nSPS) is 11.8. The third kappa shape index (κ3) is 13.4. The van der Waals surface area contributed by atoms with Crippen molar-refractivity contribution in [2.45, 2.75) is 13.1 Å². The first-order chi connectivity index (χ1) is 34.1. The van der Waals surface area contributed by atoms with E-state index in [1.54, 1.807) is 49.1 Å². The number of nitrogens with one attached hydrogen (secondary N) is 1. The molecule has 1 N–H and O–H groups in total. The Kier molecular flexibility index (Phi) is 15.8. The van der Waals surface area contributed by atoms with Crippen molar-refractivity contribution in [3.8, 4) is 45.5 Å². The fraction of sp³-hybridized carbons (Fsp3) is 0.289. The number of ether oxygens (including phenoxy) is 4. The first-order valence-electron chi connectivity index (χ1n) is 21.4. The van der Waals surface area contributed by atoms with Crippen LogP contribution in [0.5, 0.6) is 23.0 Å². The number of pyridine rings is 2. The summed E-state index contributed by atoms with van der Waals surface area (Å²) in [5, 5.41) is 11.3. The maximum absolute atomic E-state index is 15.4. The largest absolute Gasteiger partial charge is 0.497 e. The minimum Gasteiger partial charge on any atom is -0.497 e. The standard InChI is InChI=1S/C24H27FN6O6S2.C21H21FN6O4S/c1-36-17-11-20(23(25)21(12-17)37-2)31(8-10-39(4,34)35)22-6-5-18-24(29-22)28-19(14-26-18)16-13-27-30(15-16)7-9-38(3,32)33;1-31-14-8-16(20(22)18(9-14)32-2)25-19-5-4-15-21(27-19)26-17(11-23-15)13-10-24-28(12-13)6-7-33(3,29)30/h5-6,11-15H,7-10H2,1-4H3;4-5,8-12H,6-7H2,1-3H3,(H,25,26,27). The zero-order chi connectivity index (χ0) is 52.0. The van der Waals surface area contributed by atoms with Crippen molar-refractivity contribution in [1.29, 1.82) is 0 Å². The second kappa shape index (κ2) is 21.8. The average molecular weight is 1050 g/mol. The van der Waals surface area contributed by atoms with Crippen molar-refractivity contribution in [2.24, 2.45) is 0 Å². The molecule has 380 valence electrons. The van der Waals surface area contributed by atoms with Gasteiger partial charge in [0.2, 0.25) is 0 Å². The van der Waals surface area contributed by atoms with Gasteiger partial charge in [0.25, 0.3) is 0 Å². The molecule has 0 saturated carbocycles. The van der Waals surface area contributed by atoms with Gasteiger partial charge in [-0.3, -0.25) is 19.3 Å². The van der Waals surface area contributed by atoms with Crippen LogP contribution in [0.3, 0.4) is 0 Å². The van der Waals surface area contributed by atoms with Crippen molar-refractivity contribution in [2.75, 3.05) is 81.2 Å². The van der Waals surface area contributed by atoms with E-state index in [1.165, 1.54) is 85.6 Å². The molecule has 0 saturated heterocycles. The molecule has 0 radical (unpaired) electrons. The second-order valence-corrected chi connectivity index (χ2v) is 22.8. The van der Waals surface area contributed by atoms with Gasteiger partial charge in [-0.15, -0.1) is 0 Å². The van der Waals surface area contributed by atoms with E-state index in [4.69, 9.17) is 18.9 Å². The molecule has 0 unspecified atom stereocenters. The lowest BCUT2D eigenvalue weighted by atomic mass is 10.2. The number of sulfone groups is 3. The summed E-state index contributed by atoms with van der Waals surface area (Å²) in [4.78, 5) is 28.3. The van der Waals surface area contributed by atoms with Crippen LogP contribution in [-0.4, -0.2) is 146 Å². The van der Waals surface area contributed by atoms with E-state index in [2.05, 4.69) is 45.4 Å². The van der Waals surface area contributed by atoms with Crippen LogP contribution >= 0.6 is 0 Å². The summed E-state index contributed by atoms with van der Waals surface area (Å²) in [5.74, 6) is -0.368. The summed E-state index contributed by atoms with van der Waals surface area (Å²) in [7, 11) is -4.07. The van der Waals surface area contributed by atoms with Gasteiger partial charge in [-0.25, -0.2) is 54.0 Å². The number of hydrogen-bond donors (Lipinski definition) is 1. The molecule has 0 bridgehead atoms. The molecule has 0 atom stereocenters. The maximum atomic E-state index is 15.4. The highest BCUT2D eigenvalue weighted by molar-refractivity contribution is 7.91. The molecular weight excluding hydrogens is 1000 g/mol. The molecule has 2 aromatic carbocycles. The zero-order valence-electron chi connectivity index (χ0n) is 39.8. The van der Waals surface area contributed by atoms with Gasteiger partial charge in [0, 0.05) is 73.1 Å². The third-order valence-electron chi connectivity index (χ3n) is 10.5.